The number of carbonyl (C=O) groups is 2. The lowest BCUT2D eigenvalue weighted by molar-refractivity contribution is -0.139. The molecule has 2 aromatic carbocycles. The van der Waals surface area contributed by atoms with E-state index >= 15 is 0 Å². The minimum Gasteiger partial charge on any atom is -0.357 e. The molecule has 0 bridgehead atoms. The molecule has 1 N–H and O–H groups in total. The molecule has 0 heterocycles. The third-order valence-corrected chi connectivity index (χ3v) is 5.28. The first-order valence-corrected chi connectivity index (χ1v) is 9.88. The Labute approximate surface area is 164 Å². The maximum atomic E-state index is 13.2. The second-order valence-electron chi connectivity index (χ2n) is 6.29. The van der Waals surface area contributed by atoms with E-state index in [2.05, 4.69) is 5.32 Å². The van der Waals surface area contributed by atoms with Gasteiger partial charge in [-0.25, -0.2) is 4.39 Å². The van der Waals surface area contributed by atoms with Crippen molar-refractivity contribution in [1.82, 2.24) is 10.2 Å². The highest BCUT2D eigenvalue weighted by molar-refractivity contribution is 8.00. The van der Waals surface area contributed by atoms with Crippen molar-refractivity contribution < 1.29 is 14.0 Å². The molecule has 144 valence electrons. The summed E-state index contributed by atoms with van der Waals surface area (Å²) in [5.74, 6) is -0.420. The molecule has 0 aliphatic carbocycles. The van der Waals surface area contributed by atoms with Crippen molar-refractivity contribution >= 4 is 23.6 Å². The Balaban J connectivity index is 2.15. The third kappa shape index (κ3) is 6.10. The monoisotopic (exact) mass is 388 g/mol. The Bertz CT molecular complexity index is 763. The average molecular weight is 389 g/mol. The molecule has 27 heavy (non-hydrogen) atoms. The van der Waals surface area contributed by atoms with Crippen molar-refractivity contribution in [3.63, 3.8) is 0 Å². The molecule has 2 aromatic rings. The molecule has 0 saturated heterocycles. The zero-order chi connectivity index (χ0) is 19.8. The van der Waals surface area contributed by atoms with Crippen LogP contribution >= 0.6 is 11.8 Å². The molecule has 0 aliphatic heterocycles. The van der Waals surface area contributed by atoms with Gasteiger partial charge in [0.05, 0.1) is 5.75 Å². The van der Waals surface area contributed by atoms with Gasteiger partial charge >= 0.3 is 0 Å². The number of aryl methyl sites for hydroxylation is 1. The molecule has 0 unspecified atom stereocenters. The number of halogens is 1. The second-order valence-corrected chi connectivity index (χ2v) is 7.34. The van der Waals surface area contributed by atoms with E-state index in [0.29, 0.717) is 6.42 Å². The molecule has 0 radical (unpaired) electrons. The van der Waals surface area contributed by atoms with Gasteiger partial charge in [0.1, 0.15) is 11.9 Å². The highest BCUT2D eigenvalue weighted by atomic mass is 32.2. The molecule has 1 atom stereocenters. The molecular weight excluding hydrogens is 363 g/mol. The summed E-state index contributed by atoms with van der Waals surface area (Å²) >= 11 is 1.44. The summed E-state index contributed by atoms with van der Waals surface area (Å²) in [6.07, 6.45) is 0.502. The number of nitrogens with zero attached hydrogens (tertiary/aromatic N) is 1. The molecule has 2 amide bonds. The van der Waals surface area contributed by atoms with E-state index in [1.807, 2.05) is 38.1 Å². The molecular formula is C21H25FN2O2S. The number of likely N-dealkylation sites (N-methyl/N-ethyl adjacent to an activating group) is 1. The zero-order valence-corrected chi connectivity index (χ0v) is 16.7. The van der Waals surface area contributed by atoms with E-state index in [4.69, 9.17) is 0 Å². The first kappa shape index (κ1) is 21.0. The van der Waals surface area contributed by atoms with Crippen LogP contribution in [0.25, 0.3) is 0 Å². The lowest BCUT2D eigenvalue weighted by atomic mass is 10.1. The standard InChI is InChI=1S/C21H25FN2O2S/c1-4-19(21(26)23-3)24(13-16-7-9-17(22)10-8-16)20(25)14-27-18-11-5-15(2)6-12-18/h5-12,19H,4,13-14H2,1-3H3,(H,23,26)/t19-/m1/s1. The number of carbonyl (C=O) groups excluding carboxylic acids is 2. The second kappa shape index (κ2) is 10.1. The molecule has 0 aromatic heterocycles. The summed E-state index contributed by atoms with van der Waals surface area (Å²) in [6, 6.07) is 13.4. The highest BCUT2D eigenvalue weighted by Crippen LogP contribution is 2.21. The van der Waals surface area contributed by atoms with Crippen LogP contribution in [0, 0.1) is 12.7 Å². The van der Waals surface area contributed by atoms with E-state index in [1.165, 1.54) is 23.9 Å². The molecule has 0 fully saturated rings. The molecule has 2 rings (SSSR count). The van der Waals surface area contributed by atoms with Gasteiger partial charge in [0, 0.05) is 18.5 Å². The van der Waals surface area contributed by atoms with Crippen molar-refractivity contribution in [3.8, 4) is 0 Å². The predicted octanol–water partition coefficient (Wildman–Crippen LogP) is 3.78. The van der Waals surface area contributed by atoms with Gasteiger partial charge in [-0.05, 0) is 43.2 Å². The number of rotatable bonds is 8. The van der Waals surface area contributed by atoms with Gasteiger partial charge in [0.15, 0.2) is 0 Å². The SMILES string of the molecule is CC[C@H](C(=O)NC)N(Cc1ccc(F)cc1)C(=O)CSc1ccc(C)cc1. The smallest absolute Gasteiger partial charge is 0.242 e. The van der Waals surface area contributed by atoms with E-state index in [-0.39, 0.29) is 29.9 Å². The topological polar surface area (TPSA) is 49.4 Å². The number of hydrogen-bond acceptors (Lipinski definition) is 3. The lowest BCUT2D eigenvalue weighted by Gasteiger charge is -2.30. The number of nitrogens with one attached hydrogen (secondary N) is 1. The van der Waals surface area contributed by atoms with Crippen LogP contribution in [0.5, 0.6) is 0 Å². The number of benzene rings is 2. The van der Waals surface area contributed by atoms with Crippen LogP contribution in [-0.4, -0.2) is 35.6 Å². The quantitative estimate of drug-likeness (QED) is 0.700. The van der Waals surface area contributed by atoms with Gasteiger partial charge in [-0.15, -0.1) is 11.8 Å². The van der Waals surface area contributed by atoms with Gasteiger partial charge in [0.25, 0.3) is 0 Å². The van der Waals surface area contributed by atoms with Gasteiger partial charge < -0.3 is 10.2 Å². The van der Waals surface area contributed by atoms with Gasteiger partial charge in [-0.2, -0.15) is 0 Å². The first-order valence-electron chi connectivity index (χ1n) is 8.89. The van der Waals surface area contributed by atoms with Crippen LogP contribution in [-0.2, 0) is 16.1 Å². The normalized spacial score (nSPS) is 11.7. The maximum Gasteiger partial charge on any atom is 0.242 e. The van der Waals surface area contributed by atoms with Crippen LogP contribution in [0.15, 0.2) is 53.4 Å². The van der Waals surface area contributed by atoms with Crippen molar-refractivity contribution in [3.05, 3.63) is 65.5 Å². The summed E-state index contributed by atoms with van der Waals surface area (Å²) in [5.41, 5.74) is 1.95. The van der Waals surface area contributed by atoms with Crippen LogP contribution in [0.1, 0.15) is 24.5 Å². The first-order chi connectivity index (χ1) is 12.9. The Morgan fingerprint density at radius 3 is 2.30 bits per heavy atom. The summed E-state index contributed by atoms with van der Waals surface area (Å²) in [7, 11) is 1.56. The number of thioether (sulfide) groups is 1. The van der Waals surface area contributed by atoms with Crippen LogP contribution in [0.3, 0.4) is 0 Å². The van der Waals surface area contributed by atoms with Gasteiger partial charge in [0.2, 0.25) is 11.8 Å². The number of amides is 2. The van der Waals surface area contributed by atoms with Crippen molar-refractivity contribution in [2.75, 3.05) is 12.8 Å². The fraction of sp³-hybridized carbons (Fsp3) is 0.333. The van der Waals surface area contributed by atoms with Crippen LogP contribution in [0.4, 0.5) is 4.39 Å². The molecule has 0 aliphatic rings. The van der Waals surface area contributed by atoms with Gasteiger partial charge in [-0.1, -0.05) is 36.8 Å². The minimum atomic E-state index is -0.564. The van der Waals surface area contributed by atoms with E-state index < -0.39 is 6.04 Å². The fourth-order valence-electron chi connectivity index (χ4n) is 2.74. The Morgan fingerprint density at radius 2 is 1.74 bits per heavy atom. The molecule has 4 nitrogen and oxygen atoms in total. The van der Waals surface area contributed by atoms with Crippen molar-refractivity contribution in [2.45, 2.75) is 37.8 Å². The average Bonchev–Trinajstić information content (AvgIpc) is 2.68. The Hall–Kier alpha value is -2.34. The third-order valence-electron chi connectivity index (χ3n) is 4.28. The highest BCUT2D eigenvalue weighted by Gasteiger charge is 2.27. The van der Waals surface area contributed by atoms with Crippen molar-refractivity contribution in [1.29, 1.82) is 0 Å². The minimum absolute atomic E-state index is 0.125. The van der Waals surface area contributed by atoms with E-state index in [1.54, 1.807) is 24.1 Å². The summed E-state index contributed by atoms with van der Waals surface area (Å²) in [5, 5.41) is 2.63. The molecule has 0 saturated carbocycles. The van der Waals surface area contributed by atoms with Crippen molar-refractivity contribution in [2.24, 2.45) is 0 Å². The largest absolute Gasteiger partial charge is 0.357 e. The fourth-order valence-corrected chi connectivity index (χ4v) is 3.52. The Kier molecular flexibility index (Phi) is 7.85. The lowest BCUT2D eigenvalue weighted by Crippen LogP contribution is -2.48. The zero-order valence-electron chi connectivity index (χ0n) is 15.9. The summed E-state index contributed by atoms with van der Waals surface area (Å²) < 4.78 is 13.2. The van der Waals surface area contributed by atoms with Gasteiger partial charge in [-0.3, -0.25) is 9.59 Å². The molecule has 6 heteroatoms. The van der Waals surface area contributed by atoms with E-state index in [0.717, 1.165) is 16.0 Å². The maximum absolute atomic E-state index is 13.2. The number of hydrogen-bond donors (Lipinski definition) is 1. The van der Waals surface area contributed by atoms with E-state index in [9.17, 15) is 14.0 Å². The summed E-state index contributed by atoms with van der Waals surface area (Å²) in [6.45, 7) is 4.15. The van der Waals surface area contributed by atoms with Crippen LogP contribution in [0.2, 0.25) is 0 Å². The Morgan fingerprint density at radius 1 is 1.11 bits per heavy atom. The predicted molar refractivity (Wildman–Crippen MR) is 107 cm³/mol. The molecule has 0 spiro atoms. The summed E-state index contributed by atoms with van der Waals surface area (Å²) in [4.78, 5) is 27.8. The van der Waals surface area contributed by atoms with Crippen LogP contribution < -0.4 is 5.32 Å².